The van der Waals surface area contributed by atoms with Gasteiger partial charge < -0.3 is 18.6 Å². The summed E-state index contributed by atoms with van der Waals surface area (Å²) in [5, 5.41) is 0.145. The molecule has 0 unspecified atom stereocenters. The molecule has 3 rings (SSSR count). The second-order valence-electron chi connectivity index (χ2n) is 5.69. The molecule has 0 N–H and O–H groups in total. The van der Waals surface area contributed by atoms with E-state index in [9.17, 15) is 14.4 Å². The zero-order valence-electron chi connectivity index (χ0n) is 14.9. The Kier molecular flexibility index (Phi) is 4.94. The number of fused-ring (bicyclic) bond motifs is 1. The maximum absolute atomic E-state index is 12.6. The predicted molar refractivity (Wildman–Crippen MR) is 97.1 cm³/mol. The number of ether oxygens (including phenoxy) is 3. The molecule has 3 aromatic rings. The Labute approximate surface area is 154 Å². The molecule has 7 heteroatoms. The van der Waals surface area contributed by atoms with Gasteiger partial charge >= 0.3 is 11.9 Å². The van der Waals surface area contributed by atoms with E-state index in [0.717, 1.165) is 0 Å². The summed E-state index contributed by atoms with van der Waals surface area (Å²) in [6.07, 6.45) is 0. The van der Waals surface area contributed by atoms with Crippen LogP contribution < -0.4 is 19.6 Å². The van der Waals surface area contributed by atoms with E-state index >= 15 is 0 Å². The molecule has 0 saturated heterocycles. The van der Waals surface area contributed by atoms with Gasteiger partial charge in [-0.05, 0) is 24.3 Å². The maximum atomic E-state index is 12.6. The van der Waals surface area contributed by atoms with E-state index in [1.54, 1.807) is 30.3 Å². The van der Waals surface area contributed by atoms with Crippen molar-refractivity contribution < 1.29 is 28.2 Å². The van der Waals surface area contributed by atoms with Gasteiger partial charge in [-0.2, -0.15) is 0 Å². The van der Waals surface area contributed by atoms with E-state index in [4.69, 9.17) is 18.6 Å². The summed E-state index contributed by atoms with van der Waals surface area (Å²) in [6.45, 7) is 2.55. The van der Waals surface area contributed by atoms with E-state index in [2.05, 4.69) is 0 Å². The van der Waals surface area contributed by atoms with Crippen LogP contribution in [0.25, 0.3) is 22.3 Å². The number of carbonyl (C=O) groups excluding carboxylic acids is 2. The number of esters is 2. The fourth-order valence-corrected chi connectivity index (χ4v) is 2.58. The Morgan fingerprint density at radius 2 is 1.56 bits per heavy atom. The Balaban J connectivity index is 2.12. The predicted octanol–water partition coefficient (Wildman–Crippen LogP) is 3.32. The minimum absolute atomic E-state index is 0.0716. The summed E-state index contributed by atoms with van der Waals surface area (Å²) < 4.78 is 21.1. The van der Waals surface area contributed by atoms with Crippen LogP contribution in [-0.2, 0) is 9.59 Å². The average Bonchev–Trinajstić information content (AvgIpc) is 2.60. The van der Waals surface area contributed by atoms with Crippen LogP contribution in [0.15, 0.2) is 51.7 Å². The molecule has 0 aliphatic carbocycles. The highest BCUT2D eigenvalue weighted by Crippen LogP contribution is 2.32. The lowest BCUT2D eigenvalue weighted by molar-refractivity contribution is -0.132. The molecule has 0 spiro atoms. The summed E-state index contributed by atoms with van der Waals surface area (Å²) >= 11 is 0. The quantitative estimate of drug-likeness (QED) is 0.515. The van der Waals surface area contributed by atoms with E-state index in [1.165, 1.54) is 33.1 Å². The van der Waals surface area contributed by atoms with Gasteiger partial charge in [0.2, 0.25) is 0 Å². The average molecular weight is 368 g/mol. The highest BCUT2D eigenvalue weighted by atomic mass is 16.5. The fourth-order valence-electron chi connectivity index (χ4n) is 2.58. The molecule has 0 aliphatic heterocycles. The van der Waals surface area contributed by atoms with Crippen molar-refractivity contribution in [3.63, 3.8) is 0 Å². The standard InChI is InChI=1S/C20H16O7/c1-11(21)25-14-6-4-13(5-7-14)17-10-16(23)20-18(26-12(2)22)8-15(24-3)9-19(20)27-17/h4-10H,1-3H3. The van der Waals surface area contributed by atoms with E-state index < -0.39 is 11.9 Å². The Hall–Kier alpha value is -3.61. The van der Waals surface area contributed by atoms with Crippen LogP contribution in [0.1, 0.15) is 13.8 Å². The van der Waals surface area contributed by atoms with Gasteiger partial charge in [-0.3, -0.25) is 14.4 Å². The molecule has 1 aromatic heterocycles. The van der Waals surface area contributed by atoms with Crippen LogP contribution in [0.5, 0.6) is 17.2 Å². The minimum Gasteiger partial charge on any atom is -0.496 e. The first-order valence-corrected chi connectivity index (χ1v) is 8.00. The number of methoxy groups -OCH3 is 1. The maximum Gasteiger partial charge on any atom is 0.308 e. The third-order valence-electron chi connectivity index (χ3n) is 3.66. The van der Waals surface area contributed by atoms with Crippen molar-refractivity contribution in [3.05, 3.63) is 52.7 Å². The number of benzene rings is 2. The third-order valence-corrected chi connectivity index (χ3v) is 3.66. The number of rotatable bonds is 4. The highest BCUT2D eigenvalue weighted by Gasteiger charge is 2.15. The Morgan fingerprint density at radius 1 is 0.889 bits per heavy atom. The van der Waals surface area contributed by atoms with Gasteiger partial charge in [-0.15, -0.1) is 0 Å². The zero-order chi connectivity index (χ0) is 19.6. The summed E-state index contributed by atoms with van der Waals surface area (Å²) in [5.41, 5.74) is 0.466. The molecular weight excluding hydrogens is 352 g/mol. The zero-order valence-corrected chi connectivity index (χ0v) is 14.9. The van der Waals surface area contributed by atoms with Crippen molar-refractivity contribution in [1.82, 2.24) is 0 Å². The van der Waals surface area contributed by atoms with Gasteiger partial charge in [0.25, 0.3) is 0 Å². The van der Waals surface area contributed by atoms with Gasteiger partial charge in [0.05, 0.1) is 7.11 Å². The van der Waals surface area contributed by atoms with Crippen LogP contribution in [-0.4, -0.2) is 19.0 Å². The summed E-state index contributed by atoms with van der Waals surface area (Å²) in [7, 11) is 1.45. The van der Waals surface area contributed by atoms with Crippen LogP contribution in [0.3, 0.4) is 0 Å². The van der Waals surface area contributed by atoms with E-state index in [1.807, 2.05) is 0 Å². The van der Waals surface area contributed by atoms with Gasteiger partial charge in [0.15, 0.2) is 5.43 Å². The topological polar surface area (TPSA) is 92.0 Å². The monoisotopic (exact) mass is 368 g/mol. The molecule has 0 bridgehead atoms. The smallest absolute Gasteiger partial charge is 0.308 e. The number of hydrogen-bond acceptors (Lipinski definition) is 7. The molecule has 0 amide bonds. The largest absolute Gasteiger partial charge is 0.496 e. The Morgan fingerprint density at radius 3 is 2.15 bits per heavy atom. The molecule has 1 heterocycles. The van der Waals surface area contributed by atoms with Gasteiger partial charge in [-0.1, -0.05) is 0 Å². The molecule has 27 heavy (non-hydrogen) atoms. The molecule has 138 valence electrons. The summed E-state index contributed by atoms with van der Waals surface area (Å²) in [4.78, 5) is 35.0. The van der Waals surface area contributed by atoms with Crippen molar-refractivity contribution in [1.29, 1.82) is 0 Å². The van der Waals surface area contributed by atoms with Gasteiger partial charge in [0, 0.05) is 37.6 Å². The second-order valence-corrected chi connectivity index (χ2v) is 5.69. The lowest BCUT2D eigenvalue weighted by Gasteiger charge is -2.10. The molecule has 2 aromatic carbocycles. The molecule has 7 nitrogen and oxygen atoms in total. The third kappa shape index (κ3) is 3.98. The number of hydrogen-bond donors (Lipinski definition) is 0. The SMILES string of the molecule is COc1cc(OC(C)=O)c2c(=O)cc(-c3ccc(OC(C)=O)cc3)oc2c1. The molecule has 0 radical (unpaired) electrons. The van der Waals surface area contributed by atoms with Crippen molar-refractivity contribution in [3.8, 4) is 28.6 Å². The lowest BCUT2D eigenvalue weighted by atomic mass is 10.1. The molecule has 0 saturated carbocycles. The molecular formula is C20H16O7. The van der Waals surface area contributed by atoms with Crippen molar-refractivity contribution in [2.45, 2.75) is 13.8 Å². The first-order chi connectivity index (χ1) is 12.9. The first-order valence-electron chi connectivity index (χ1n) is 8.00. The molecule has 0 atom stereocenters. The van der Waals surface area contributed by atoms with Gasteiger partial charge in [0.1, 0.15) is 34.0 Å². The summed E-state index contributed by atoms with van der Waals surface area (Å²) in [6, 6.07) is 10.8. The molecule has 0 aliphatic rings. The van der Waals surface area contributed by atoms with Gasteiger partial charge in [-0.25, -0.2) is 0 Å². The summed E-state index contributed by atoms with van der Waals surface area (Å²) in [5.74, 6) is 0.155. The highest BCUT2D eigenvalue weighted by molar-refractivity contribution is 5.88. The fraction of sp³-hybridized carbons (Fsp3) is 0.150. The van der Waals surface area contributed by atoms with Crippen LogP contribution in [0, 0.1) is 0 Å². The van der Waals surface area contributed by atoms with E-state index in [-0.39, 0.29) is 22.1 Å². The van der Waals surface area contributed by atoms with E-state index in [0.29, 0.717) is 22.8 Å². The molecule has 0 fully saturated rings. The minimum atomic E-state index is -0.561. The van der Waals surface area contributed by atoms with Crippen LogP contribution >= 0.6 is 0 Å². The second kappa shape index (κ2) is 7.33. The van der Waals surface area contributed by atoms with Crippen molar-refractivity contribution in [2.24, 2.45) is 0 Å². The van der Waals surface area contributed by atoms with Crippen LogP contribution in [0.2, 0.25) is 0 Å². The first kappa shape index (κ1) is 18.2. The Bertz CT molecular complexity index is 1080. The number of carbonyl (C=O) groups is 2. The van der Waals surface area contributed by atoms with Crippen molar-refractivity contribution >= 4 is 22.9 Å². The normalized spacial score (nSPS) is 10.5. The van der Waals surface area contributed by atoms with Crippen molar-refractivity contribution in [2.75, 3.05) is 7.11 Å². The lowest BCUT2D eigenvalue weighted by Crippen LogP contribution is -2.08. The van der Waals surface area contributed by atoms with Crippen LogP contribution in [0.4, 0.5) is 0 Å².